The summed E-state index contributed by atoms with van der Waals surface area (Å²) in [5.74, 6) is -1.35. The molecule has 2 aromatic rings. The Kier molecular flexibility index (Phi) is 4.99. The molecule has 2 aromatic heterocycles. The maximum Gasteiger partial charge on any atom is 0.377 e. The molecule has 22 heavy (non-hydrogen) atoms. The number of rotatable bonds is 4. The number of nitrogens with zero attached hydrogens (tertiary/aromatic N) is 2. The standard InChI is InChI=1S/C13H11Cl2N3O4/c1-6-3-10(22-18-6)13(20)21-7(2)12(19)17-11-9(15)4-8(14)5-16-11/h3-5,7H,1-2H3,(H,16,17,19). The van der Waals surface area contributed by atoms with Gasteiger partial charge in [-0.15, -0.1) is 0 Å². The highest BCUT2D eigenvalue weighted by atomic mass is 35.5. The van der Waals surface area contributed by atoms with Crippen LogP contribution in [-0.4, -0.2) is 28.1 Å². The number of aromatic nitrogens is 2. The number of carbonyl (C=O) groups excluding carboxylic acids is 2. The topological polar surface area (TPSA) is 94.3 Å². The molecule has 7 nitrogen and oxygen atoms in total. The molecule has 0 bridgehead atoms. The summed E-state index contributed by atoms with van der Waals surface area (Å²) in [5.41, 5.74) is 0.529. The Morgan fingerprint density at radius 3 is 2.68 bits per heavy atom. The fraction of sp³-hybridized carbons (Fsp3) is 0.231. The zero-order valence-electron chi connectivity index (χ0n) is 11.6. The summed E-state index contributed by atoms with van der Waals surface area (Å²) in [6.07, 6.45) is 0.253. The predicted molar refractivity (Wildman–Crippen MR) is 79.0 cm³/mol. The van der Waals surface area contributed by atoms with E-state index in [1.54, 1.807) is 6.92 Å². The van der Waals surface area contributed by atoms with Gasteiger partial charge in [0.15, 0.2) is 11.9 Å². The van der Waals surface area contributed by atoms with Crippen LogP contribution in [0, 0.1) is 6.92 Å². The summed E-state index contributed by atoms with van der Waals surface area (Å²) in [4.78, 5) is 27.6. The molecule has 1 N–H and O–H groups in total. The molecule has 0 aliphatic heterocycles. The smallest absolute Gasteiger partial charge is 0.377 e. The average Bonchev–Trinajstić information content (AvgIpc) is 2.88. The number of halogens is 2. The Labute approximate surface area is 135 Å². The lowest BCUT2D eigenvalue weighted by Gasteiger charge is -2.12. The van der Waals surface area contributed by atoms with Gasteiger partial charge in [-0.3, -0.25) is 4.79 Å². The van der Waals surface area contributed by atoms with E-state index in [1.807, 2.05) is 0 Å². The van der Waals surface area contributed by atoms with Crippen molar-refractivity contribution in [2.75, 3.05) is 5.32 Å². The lowest BCUT2D eigenvalue weighted by molar-refractivity contribution is -0.123. The van der Waals surface area contributed by atoms with Crippen molar-refractivity contribution in [2.24, 2.45) is 0 Å². The summed E-state index contributed by atoms with van der Waals surface area (Å²) in [5, 5.41) is 6.50. The van der Waals surface area contributed by atoms with Gasteiger partial charge in [-0.2, -0.15) is 0 Å². The summed E-state index contributed by atoms with van der Waals surface area (Å²) < 4.78 is 9.72. The van der Waals surface area contributed by atoms with E-state index in [0.29, 0.717) is 10.7 Å². The Morgan fingerprint density at radius 2 is 2.09 bits per heavy atom. The van der Waals surface area contributed by atoms with E-state index >= 15 is 0 Å². The number of anilines is 1. The zero-order chi connectivity index (χ0) is 16.3. The quantitative estimate of drug-likeness (QED) is 0.857. The third-order valence-electron chi connectivity index (χ3n) is 2.53. The predicted octanol–water partition coefficient (Wildman–Crippen LogP) is 2.87. The van der Waals surface area contributed by atoms with Crippen molar-refractivity contribution in [3.05, 3.63) is 39.8 Å². The van der Waals surface area contributed by atoms with Crippen molar-refractivity contribution in [2.45, 2.75) is 20.0 Å². The molecule has 0 radical (unpaired) electrons. The molecule has 0 spiro atoms. The van der Waals surface area contributed by atoms with Crippen LogP contribution in [-0.2, 0) is 9.53 Å². The van der Waals surface area contributed by atoms with Gasteiger partial charge in [0.25, 0.3) is 5.91 Å². The first-order valence-electron chi connectivity index (χ1n) is 6.13. The molecule has 1 unspecified atom stereocenters. The number of carbonyl (C=O) groups is 2. The molecule has 0 aromatic carbocycles. The molecule has 2 rings (SSSR count). The Balaban J connectivity index is 1.98. The fourth-order valence-electron chi connectivity index (χ4n) is 1.46. The minimum atomic E-state index is -1.08. The van der Waals surface area contributed by atoms with Crippen molar-refractivity contribution in [1.29, 1.82) is 0 Å². The fourth-order valence-corrected chi connectivity index (χ4v) is 1.88. The second-order valence-corrected chi connectivity index (χ2v) is 5.20. The lowest BCUT2D eigenvalue weighted by atomic mass is 10.3. The molecule has 0 fully saturated rings. The average molecular weight is 344 g/mol. The van der Waals surface area contributed by atoms with Crippen LogP contribution >= 0.6 is 23.2 Å². The highest BCUT2D eigenvalue weighted by Gasteiger charge is 2.22. The number of nitrogens with one attached hydrogen (secondary N) is 1. The van der Waals surface area contributed by atoms with Gasteiger partial charge in [0, 0.05) is 12.3 Å². The Hall–Kier alpha value is -2.12. The number of hydrogen-bond acceptors (Lipinski definition) is 6. The Morgan fingerprint density at radius 1 is 1.36 bits per heavy atom. The minimum absolute atomic E-state index is 0.0835. The third kappa shape index (κ3) is 3.96. The molecular formula is C13H11Cl2N3O4. The SMILES string of the molecule is Cc1cc(C(=O)OC(C)C(=O)Nc2ncc(Cl)cc2Cl)on1. The summed E-state index contributed by atoms with van der Waals surface area (Å²) in [6, 6.07) is 2.84. The molecule has 0 aliphatic rings. The van der Waals surface area contributed by atoms with Crippen LogP contribution in [0.3, 0.4) is 0 Å². The van der Waals surface area contributed by atoms with E-state index in [4.69, 9.17) is 32.5 Å². The monoisotopic (exact) mass is 343 g/mol. The van der Waals surface area contributed by atoms with Crippen LogP contribution < -0.4 is 5.32 Å². The largest absolute Gasteiger partial charge is 0.447 e. The number of pyridine rings is 1. The highest BCUT2D eigenvalue weighted by Crippen LogP contribution is 2.22. The van der Waals surface area contributed by atoms with Gasteiger partial charge in [0.1, 0.15) is 0 Å². The summed E-state index contributed by atoms with van der Waals surface area (Å²) in [7, 11) is 0. The van der Waals surface area contributed by atoms with E-state index in [9.17, 15) is 9.59 Å². The number of hydrogen-bond donors (Lipinski definition) is 1. The highest BCUT2D eigenvalue weighted by molar-refractivity contribution is 6.36. The maximum absolute atomic E-state index is 12.0. The molecule has 0 aliphatic carbocycles. The number of ether oxygens (including phenoxy) is 1. The number of amides is 1. The summed E-state index contributed by atoms with van der Waals surface area (Å²) in [6.45, 7) is 3.06. The molecule has 1 amide bonds. The zero-order valence-corrected chi connectivity index (χ0v) is 13.1. The van der Waals surface area contributed by atoms with Crippen LogP contribution in [0.25, 0.3) is 0 Å². The van der Waals surface area contributed by atoms with Gasteiger partial charge in [-0.1, -0.05) is 28.4 Å². The van der Waals surface area contributed by atoms with Gasteiger partial charge in [-0.05, 0) is 19.9 Å². The van der Waals surface area contributed by atoms with Crippen LogP contribution in [0.4, 0.5) is 5.82 Å². The molecule has 0 saturated heterocycles. The van der Waals surface area contributed by atoms with Crippen molar-refractivity contribution in [3.8, 4) is 0 Å². The molecular weight excluding hydrogens is 333 g/mol. The van der Waals surface area contributed by atoms with Crippen LogP contribution in [0.1, 0.15) is 23.2 Å². The third-order valence-corrected chi connectivity index (χ3v) is 3.03. The van der Waals surface area contributed by atoms with Crippen LogP contribution in [0.15, 0.2) is 22.9 Å². The second-order valence-electron chi connectivity index (χ2n) is 4.35. The van der Waals surface area contributed by atoms with E-state index in [1.165, 1.54) is 25.3 Å². The first-order chi connectivity index (χ1) is 10.4. The van der Waals surface area contributed by atoms with Gasteiger partial charge < -0.3 is 14.6 Å². The lowest BCUT2D eigenvalue weighted by Crippen LogP contribution is -2.30. The minimum Gasteiger partial charge on any atom is -0.447 e. The number of aryl methyl sites for hydroxylation is 1. The number of esters is 1. The van der Waals surface area contributed by atoms with Crippen molar-refractivity contribution in [3.63, 3.8) is 0 Å². The Bertz CT molecular complexity index is 717. The maximum atomic E-state index is 12.0. The second kappa shape index (κ2) is 6.76. The van der Waals surface area contributed by atoms with Crippen molar-refractivity contribution < 1.29 is 18.8 Å². The molecule has 9 heteroatoms. The van der Waals surface area contributed by atoms with E-state index < -0.39 is 18.0 Å². The summed E-state index contributed by atoms with van der Waals surface area (Å²) >= 11 is 11.6. The molecule has 0 saturated carbocycles. The van der Waals surface area contributed by atoms with Crippen LogP contribution in [0.2, 0.25) is 10.0 Å². The van der Waals surface area contributed by atoms with Crippen molar-refractivity contribution >= 4 is 40.9 Å². The van der Waals surface area contributed by atoms with Gasteiger partial charge in [0.05, 0.1) is 15.7 Å². The first kappa shape index (κ1) is 16.3. The van der Waals surface area contributed by atoms with Gasteiger partial charge in [0.2, 0.25) is 5.76 Å². The first-order valence-corrected chi connectivity index (χ1v) is 6.88. The van der Waals surface area contributed by atoms with Gasteiger partial charge >= 0.3 is 5.97 Å². The van der Waals surface area contributed by atoms with E-state index in [-0.39, 0.29) is 16.6 Å². The molecule has 1 atom stereocenters. The molecule has 116 valence electrons. The van der Waals surface area contributed by atoms with Crippen LogP contribution in [0.5, 0.6) is 0 Å². The van der Waals surface area contributed by atoms with Gasteiger partial charge in [-0.25, -0.2) is 9.78 Å². The van der Waals surface area contributed by atoms with E-state index in [2.05, 4.69) is 15.5 Å². The normalized spacial score (nSPS) is 11.8. The van der Waals surface area contributed by atoms with Crippen molar-refractivity contribution in [1.82, 2.24) is 10.1 Å². The van der Waals surface area contributed by atoms with E-state index in [0.717, 1.165) is 0 Å². The molecule has 2 heterocycles.